The second kappa shape index (κ2) is 11.8. The molecular weight excluding hydrogens is 216 g/mol. The summed E-state index contributed by atoms with van der Waals surface area (Å²) in [6.45, 7) is 13.3. The number of rotatable bonds is 12. The molecule has 0 saturated heterocycles. The van der Waals surface area contributed by atoms with Crippen molar-refractivity contribution in [1.82, 2.24) is 0 Å². The van der Waals surface area contributed by atoms with Crippen molar-refractivity contribution in [1.29, 1.82) is 0 Å². The monoisotopic (exact) mass is 252 g/mol. The third-order valence-corrected chi connectivity index (χ3v) is 3.99. The molecule has 0 aromatic heterocycles. The van der Waals surface area contributed by atoms with E-state index in [2.05, 4.69) is 34.3 Å². The lowest BCUT2D eigenvalue weighted by Gasteiger charge is -2.14. The zero-order chi connectivity index (χ0) is 13.8. The van der Waals surface area contributed by atoms with Crippen LogP contribution in [-0.4, -0.2) is 0 Å². The minimum atomic E-state index is 0.909. The minimum absolute atomic E-state index is 0.909. The summed E-state index contributed by atoms with van der Waals surface area (Å²) in [6.07, 6.45) is 13.9. The van der Waals surface area contributed by atoms with E-state index in [9.17, 15) is 0 Å². The summed E-state index contributed by atoms with van der Waals surface area (Å²) in [5.41, 5.74) is 1.34. The first-order valence-electron chi connectivity index (χ1n) is 8.20. The predicted octanol–water partition coefficient (Wildman–Crippen LogP) is 6.76. The lowest BCUT2D eigenvalue weighted by Crippen LogP contribution is -1.99. The number of unbranched alkanes of at least 4 members (excludes halogenated alkanes) is 2. The Kier molecular flexibility index (Phi) is 11.6. The van der Waals surface area contributed by atoms with Gasteiger partial charge in [-0.3, -0.25) is 0 Å². The van der Waals surface area contributed by atoms with Crippen molar-refractivity contribution in [2.45, 2.75) is 91.9 Å². The summed E-state index contributed by atoms with van der Waals surface area (Å²) in [7, 11) is 0. The van der Waals surface area contributed by atoms with Gasteiger partial charge in [-0.2, -0.15) is 0 Å². The molecule has 0 aromatic carbocycles. The maximum atomic E-state index is 3.97. The van der Waals surface area contributed by atoms with E-state index in [0.29, 0.717) is 0 Å². The standard InChI is InChI=1S/C18H36/c1-6-7-8-12-17(4)14-10-15-18(5)13-9-11-16(2)3/h17-18H,2,6-15H2,1,3-5H3. The highest BCUT2D eigenvalue weighted by atomic mass is 14.1. The molecule has 0 N–H and O–H groups in total. The zero-order valence-corrected chi connectivity index (χ0v) is 13.4. The molecule has 0 rings (SSSR count). The molecule has 2 unspecified atom stereocenters. The van der Waals surface area contributed by atoms with Crippen LogP contribution in [0.1, 0.15) is 91.9 Å². The molecule has 0 bridgehead atoms. The molecule has 0 nitrogen and oxygen atoms in total. The van der Waals surface area contributed by atoms with Crippen molar-refractivity contribution in [2.75, 3.05) is 0 Å². The maximum absolute atomic E-state index is 3.97. The molecule has 0 heterocycles. The highest BCUT2D eigenvalue weighted by Crippen LogP contribution is 2.21. The molecule has 0 aliphatic carbocycles. The summed E-state index contributed by atoms with van der Waals surface area (Å²) in [4.78, 5) is 0. The fourth-order valence-electron chi connectivity index (χ4n) is 2.60. The highest BCUT2D eigenvalue weighted by molar-refractivity contribution is 4.87. The van der Waals surface area contributed by atoms with Gasteiger partial charge >= 0.3 is 0 Å². The van der Waals surface area contributed by atoms with Crippen molar-refractivity contribution in [3.63, 3.8) is 0 Å². The molecular formula is C18H36. The number of hydrogen-bond acceptors (Lipinski definition) is 0. The fourth-order valence-corrected chi connectivity index (χ4v) is 2.60. The van der Waals surface area contributed by atoms with Crippen LogP contribution >= 0.6 is 0 Å². The van der Waals surface area contributed by atoms with Crippen molar-refractivity contribution in [3.05, 3.63) is 12.2 Å². The van der Waals surface area contributed by atoms with Gasteiger partial charge in [-0.05, 0) is 31.6 Å². The number of hydrogen-bond donors (Lipinski definition) is 0. The Bertz CT molecular complexity index is 192. The van der Waals surface area contributed by atoms with Gasteiger partial charge < -0.3 is 0 Å². The van der Waals surface area contributed by atoms with Crippen LogP contribution in [0.4, 0.5) is 0 Å². The van der Waals surface area contributed by atoms with Gasteiger partial charge in [-0.1, -0.05) is 77.7 Å². The van der Waals surface area contributed by atoms with Crippen molar-refractivity contribution in [2.24, 2.45) is 11.8 Å². The average Bonchev–Trinajstić information content (AvgIpc) is 2.29. The van der Waals surface area contributed by atoms with Crippen LogP contribution in [-0.2, 0) is 0 Å². The number of allylic oxidation sites excluding steroid dienone is 1. The average molecular weight is 252 g/mol. The normalized spacial score (nSPS) is 14.4. The van der Waals surface area contributed by atoms with E-state index in [4.69, 9.17) is 0 Å². The quantitative estimate of drug-likeness (QED) is 0.266. The van der Waals surface area contributed by atoms with E-state index < -0.39 is 0 Å². The Balaban J connectivity index is 3.37. The molecule has 18 heavy (non-hydrogen) atoms. The van der Waals surface area contributed by atoms with Crippen LogP contribution in [0.3, 0.4) is 0 Å². The molecule has 0 aliphatic heterocycles. The van der Waals surface area contributed by atoms with Crippen LogP contribution in [0.25, 0.3) is 0 Å². The van der Waals surface area contributed by atoms with Gasteiger partial charge in [0.15, 0.2) is 0 Å². The summed E-state index contributed by atoms with van der Waals surface area (Å²) in [5.74, 6) is 1.85. The van der Waals surface area contributed by atoms with E-state index in [0.717, 1.165) is 11.8 Å². The van der Waals surface area contributed by atoms with Crippen LogP contribution < -0.4 is 0 Å². The van der Waals surface area contributed by atoms with Crippen LogP contribution in [0.5, 0.6) is 0 Å². The van der Waals surface area contributed by atoms with Gasteiger partial charge in [0.05, 0.1) is 0 Å². The van der Waals surface area contributed by atoms with Crippen molar-refractivity contribution < 1.29 is 0 Å². The van der Waals surface area contributed by atoms with E-state index in [1.165, 1.54) is 69.8 Å². The Morgan fingerprint density at radius 1 is 0.833 bits per heavy atom. The summed E-state index contributed by atoms with van der Waals surface area (Å²) >= 11 is 0. The highest BCUT2D eigenvalue weighted by Gasteiger charge is 2.05. The predicted molar refractivity (Wildman–Crippen MR) is 85.0 cm³/mol. The first-order valence-corrected chi connectivity index (χ1v) is 8.20. The lowest BCUT2D eigenvalue weighted by atomic mass is 9.92. The topological polar surface area (TPSA) is 0 Å². The molecule has 0 aliphatic rings. The van der Waals surface area contributed by atoms with E-state index in [1.54, 1.807) is 0 Å². The van der Waals surface area contributed by atoms with Crippen molar-refractivity contribution >= 4 is 0 Å². The molecule has 0 fully saturated rings. The third kappa shape index (κ3) is 12.2. The molecule has 108 valence electrons. The first-order chi connectivity index (χ1) is 8.56. The van der Waals surface area contributed by atoms with Gasteiger partial charge in [-0.15, -0.1) is 6.58 Å². The molecule has 2 atom stereocenters. The second-order valence-electron chi connectivity index (χ2n) is 6.49. The van der Waals surface area contributed by atoms with Crippen LogP contribution in [0.15, 0.2) is 12.2 Å². The summed E-state index contributed by atoms with van der Waals surface area (Å²) in [6, 6.07) is 0. The fraction of sp³-hybridized carbons (Fsp3) is 0.889. The Morgan fingerprint density at radius 3 is 1.83 bits per heavy atom. The van der Waals surface area contributed by atoms with E-state index in [1.807, 2.05) is 0 Å². The molecule has 0 spiro atoms. The van der Waals surface area contributed by atoms with Crippen LogP contribution in [0, 0.1) is 11.8 Å². The van der Waals surface area contributed by atoms with E-state index >= 15 is 0 Å². The maximum Gasteiger partial charge on any atom is -0.0326 e. The smallest absolute Gasteiger partial charge is 0.0326 e. The van der Waals surface area contributed by atoms with Gasteiger partial charge in [0.1, 0.15) is 0 Å². The first kappa shape index (κ1) is 17.7. The molecule has 0 heteroatoms. The molecule has 0 amide bonds. The van der Waals surface area contributed by atoms with Gasteiger partial charge in [0, 0.05) is 0 Å². The molecule has 0 saturated carbocycles. The summed E-state index contributed by atoms with van der Waals surface area (Å²) in [5, 5.41) is 0. The third-order valence-electron chi connectivity index (χ3n) is 3.99. The Labute approximate surface area is 116 Å². The molecule has 0 radical (unpaired) electrons. The van der Waals surface area contributed by atoms with Gasteiger partial charge in [-0.25, -0.2) is 0 Å². The summed E-state index contributed by atoms with van der Waals surface area (Å²) < 4.78 is 0. The van der Waals surface area contributed by atoms with E-state index in [-0.39, 0.29) is 0 Å². The Hall–Kier alpha value is -0.260. The van der Waals surface area contributed by atoms with Crippen molar-refractivity contribution in [3.8, 4) is 0 Å². The second-order valence-corrected chi connectivity index (χ2v) is 6.49. The lowest BCUT2D eigenvalue weighted by molar-refractivity contribution is 0.397. The largest absolute Gasteiger partial charge is 0.100 e. The Morgan fingerprint density at radius 2 is 1.33 bits per heavy atom. The van der Waals surface area contributed by atoms with Gasteiger partial charge in [0.25, 0.3) is 0 Å². The molecule has 0 aromatic rings. The zero-order valence-electron chi connectivity index (χ0n) is 13.4. The van der Waals surface area contributed by atoms with Gasteiger partial charge in [0.2, 0.25) is 0 Å². The minimum Gasteiger partial charge on any atom is -0.100 e. The van der Waals surface area contributed by atoms with Crippen LogP contribution in [0.2, 0.25) is 0 Å². The SMILES string of the molecule is C=C(C)CCCC(C)CCCC(C)CCCCC.